The number of nitrogens with one attached hydrogen (secondary N) is 1. The fourth-order valence-corrected chi connectivity index (χ4v) is 3.07. The fourth-order valence-electron chi connectivity index (χ4n) is 3.07. The van der Waals surface area contributed by atoms with Gasteiger partial charge in [-0.1, -0.05) is 6.07 Å². The number of nitrogens with zero attached hydrogens (tertiary/aromatic N) is 3. The SMILES string of the molecule is N#Cc1ccc2c(c1)c(NC(=O)c1ccoc1)cn2Cc1ccc(C(F)(F)F)nc1. The third-order valence-electron chi connectivity index (χ3n) is 4.51. The maximum atomic E-state index is 12.7. The van der Waals surface area contributed by atoms with Crippen molar-refractivity contribution < 1.29 is 22.4 Å². The van der Waals surface area contributed by atoms with Crippen LogP contribution in [-0.4, -0.2) is 15.5 Å². The number of aromatic nitrogens is 2. The van der Waals surface area contributed by atoms with E-state index in [0.29, 0.717) is 33.3 Å². The lowest BCUT2D eigenvalue weighted by Gasteiger charge is -2.08. The first-order chi connectivity index (χ1) is 14.3. The average molecular weight is 410 g/mol. The first kappa shape index (κ1) is 19.3. The summed E-state index contributed by atoms with van der Waals surface area (Å²) >= 11 is 0. The first-order valence-electron chi connectivity index (χ1n) is 8.74. The zero-order chi connectivity index (χ0) is 21.3. The van der Waals surface area contributed by atoms with Gasteiger partial charge in [0.2, 0.25) is 0 Å². The van der Waals surface area contributed by atoms with Crippen LogP contribution in [0.4, 0.5) is 18.9 Å². The minimum atomic E-state index is -4.50. The van der Waals surface area contributed by atoms with Crippen molar-refractivity contribution in [2.24, 2.45) is 0 Å². The largest absolute Gasteiger partial charge is 0.472 e. The van der Waals surface area contributed by atoms with Gasteiger partial charge >= 0.3 is 6.18 Å². The van der Waals surface area contributed by atoms with E-state index in [4.69, 9.17) is 4.42 Å². The number of anilines is 1. The van der Waals surface area contributed by atoms with Gasteiger partial charge in [0.15, 0.2) is 0 Å². The highest BCUT2D eigenvalue weighted by Gasteiger charge is 2.32. The summed E-state index contributed by atoms with van der Waals surface area (Å²) in [6, 6.07) is 10.8. The molecule has 3 aromatic heterocycles. The number of fused-ring (bicyclic) bond motifs is 1. The number of hydrogen-bond donors (Lipinski definition) is 1. The topological polar surface area (TPSA) is 83.9 Å². The standard InChI is InChI=1S/C21H13F3N4O2/c22-21(23,24)19-4-2-14(9-26-19)10-28-11-17(27-20(29)15-5-6-30-12-15)16-7-13(8-25)1-3-18(16)28/h1-7,9,11-12H,10H2,(H,27,29). The number of carbonyl (C=O) groups excluding carboxylic acids is 1. The Morgan fingerprint density at radius 2 is 2.07 bits per heavy atom. The van der Waals surface area contributed by atoms with Crippen molar-refractivity contribution in [2.45, 2.75) is 12.7 Å². The normalized spacial score (nSPS) is 11.4. The molecule has 0 saturated carbocycles. The van der Waals surface area contributed by atoms with Gasteiger partial charge in [-0.3, -0.25) is 9.78 Å². The highest BCUT2D eigenvalue weighted by Crippen LogP contribution is 2.30. The summed E-state index contributed by atoms with van der Waals surface area (Å²) in [6.45, 7) is 0.231. The maximum Gasteiger partial charge on any atom is 0.433 e. The van der Waals surface area contributed by atoms with Crippen molar-refractivity contribution >= 4 is 22.5 Å². The Morgan fingerprint density at radius 3 is 2.70 bits per heavy atom. The number of rotatable bonds is 4. The van der Waals surface area contributed by atoms with Crippen LogP contribution in [-0.2, 0) is 12.7 Å². The Morgan fingerprint density at radius 1 is 1.23 bits per heavy atom. The van der Waals surface area contributed by atoms with Gasteiger partial charge in [0.25, 0.3) is 5.91 Å². The van der Waals surface area contributed by atoms with Gasteiger partial charge < -0.3 is 14.3 Å². The van der Waals surface area contributed by atoms with Gasteiger partial charge in [-0.15, -0.1) is 0 Å². The van der Waals surface area contributed by atoms with E-state index in [1.54, 1.807) is 29.0 Å². The van der Waals surface area contributed by atoms with E-state index in [-0.39, 0.29) is 12.5 Å². The molecular weight excluding hydrogens is 397 g/mol. The van der Waals surface area contributed by atoms with Crippen molar-refractivity contribution in [1.82, 2.24) is 9.55 Å². The van der Waals surface area contributed by atoms with Gasteiger partial charge in [-0.25, -0.2) is 0 Å². The monoisotopic (exact) mass is 410 g/mol. The molecule has 30 heavy (non-hydrogen) atoms. The van der Waals surface area contributed by atoms with Gasteiger partial charge in [-0.05, 0) is 35.9 Å². The molecule has 0 atom stereocenters. The Hall–Kier alpha value is -4.06. The number of hydrogen-bond acceptors (Lipinski definition) is 4. The lowest BCUT2D eigenvalue weighted by Crippen LogP contribution is -2.10. The van der Waals surface area contributed by atoms with Crippen LogP contribution in [0.15, 0.2) is 65.7 Å². The van der Waals surface area contributed by atoms with Crippen LogP contribution in [0.3, 0.4) is 0 Å². The van der Waals surface area contributed by atoms with Gasteiger partial charge in [0.1, 0.15) is 12.0 Å². The van der Waals surface area contributed by atoms with E-state index in [2.05, 4.69) is 16.4 Å². The molecule has 4 rings (SSSR count). The third-order valence-corrected chi connectivity index (χ3v) is 4.51. The Labute approximate surface area is 168 Å². The predicted molar refractivity (Wildman–Crippen MR) is 102 cm³/mol. The van der Waals surface area contributed by atoms with E-state index in [1.165, 1.54) is 30.9 Å². The number of amides is 1. The number of nitriles is 1. The molecule has 1 aromatic carbocycles. The minimum Gasteiger partial charge on any atom is -0.472 e. The number of benzene rings is 1. The maximum absolute atomic E-state index is 12.7. The molecule has 0 saturated heterocycles. The zero-order valence-corrected chi connectivity index (χ0v) is 15.3. The summed E-state index contributed by atoms with van der Waals surface area (Å²) in [5.41, 5.74) is 1.51. The van der Waals surface area contributed by atoms with Crippen LogP contribution >= 0.6 is 0 Å². The summed E-state index contributed by atoms with van der Waals surface area (Å²) in [5, 5.41) is 12.6. The molecular formula is C21H13F3N4O2. The summed E-state index contributed by atoms with van der Waals surface area (Å²) < 4.78 is 44.9. The van der Waals surface area contributed by atoms with Gasteiger partial charge in [-0.2, -0.15) is 18.4 Å². The van der Waals surface area contributed by atoms with Crippen molar-refractivity contribution in [2.75, 3.05) is 5.32 Å². The van der Waals surface area contributed by atoms with E-state index >= 15 is 0 Å². The van der Waals surface area contributed by atoms with Crippen LogP contribution in [0.25, 0.3) is 10.9 Å². The molecule has 6 nitrogen and oxygen atoms in total. The second kappa shape index (κ2) is 7.40. The molecule has 3 heterocycles. The highest BCUT2D eigenvalue weighted by atomic mass is 19.4. The Bertz CT molecular complexity index is 1250. The molecule has 0 radical (unpaired) electrons. The lowest BCUT2D eigenvalue weighted by atomic mass is 10.1. The van der Waals surface area contributed by atoms with Crippen molar-refractivity contribution in [1.29, 1.82) is 5.26 Å². The van der Waals surface area contributed by atoms with E-state index in [9.17, 15) is 23.2 Å². The Balaban J connectivity index is 1.69. The molecule has 0 fully saturated rings. The molecule has 0 bridgehead atoms. The third kappa shape index (κ3) is 3.75. The molecule has 0 aliphatic carbocycles. The Kier molecular flexibility index (Phi) is 4.75. The van der Waals surface area contributed by atoms with Crippen molar-refractivity contribution in [3.8, 4) is 6.07 Å². The molecule has 4 aromatic rings. The molecule has 1 amide bonds. The van der Waals surface area contributed by atoms with Crippen molar-refractivity contribution in [3.05, 3.63) is 83.7 Å². The number of furan rings is 1. The van der Waals surface area contributed by atoms with E-state index in [0.717, 1.165) is 6.07 Å². The number of alkyl halides is 3. The van der Waals surface area contributed by atoms with Gasteiger partial charge in [0, 0.05) is 24.3 Å². The van der Waals surface area contributed by atoms with Crippen LogP contribution < -0.4 is 5.32 Å². The lowest BCUT2D eigenvalue weighted by molar-refractivity contribution is -0.141. The smallest absolute Gasteiger partial charge is 0.433 e. The summed E-state index contributed by atoms with van der Waals surface area (Å²) in [4.78, 5) is 15.9. The second-order valence-corrected chi connectivity index (χ2v) is 6.53. The summed E-state index contributed by atoms with van der Waals surface area (Å²) in [5.74, 6) is -0.388. The fraction of sp³-hybridized carbons (Fsp3) is 0.0952. The molecule has 0 unspecified atom stereocenters. The van der Waals surface area contributed by atoms with E-state index < -0.39 is 11.9 Å². The van der Waals surface area contributed by atoms with Crippen LogP contribution in [0.1, 0.15) is 27.2 Å². The number of halogens is 3. The molecule has 0 aliphatic heterocycles. The zero-order valence-electron chi connectivity index (χ0n) is 15.3. The van der Waals surface area contributed by atoms with Crippen LogP contribution in [0, 0.1) is 11.3 Å². The van der Waals surface area contributed by atoms with Gasteiger partial charge in [0.05, 0.1) is 34.7 Å². The quantitative estimate of drug-likeness (QED) is 0.523. The van der Waals surface area contributed by atoms with Crippen molar-refractivity contribution in [3.63, 3.8) is 0 Å². The molecule has 9 heteroatoms. The highest BCUT2D eigenvalue weighted by molar-refractivity contribution is 6.09. The van der Waals surface area contributed by atoms with Crippen LogP contribution in [0.2, 0.25) is 0 Å². The molecule has 1 N–H and O–H groups in total. The first-order valence-corrected chi connectivity index (χ1v) is 8.74. The molecule has 150 valence electrons. The number of carbonyl (C=O) groups is 1. The second-order valence-electron chi connectivity index (χ2n) is 6.53. The van der Waals surface area contributed by atoms with E-state index in [1.807, 2.05) is 0 Å². The molecule has 0 aliphatic rings. The molecule has 0 spiro atoms. The van der Waals surface area contributed by atoms with Crippen LogP contribution in [0.5, 0.6) is 0 Å². The average Bonchev–Trinajstić information content (AvgIpc) is 3.37. The summed E-state index contributed by atoms with van der Waals surface area (Å²) in [6.07, 6.45) is 1.02. The number of pyridine rings is 1. The minimum absolute atomic E-state index is 0.231. The predicted octanol–water partition coefficient (Wildman–Crippen LogP) is 4.82. The summed E-state index contributed by atoms with van der Waals surface area (Å²) in [7, 11) is 0.